The van der Waals surface area contributed by atoms with Crippen LogP contribution in [0.15, 0.2) is 30.5 Å². The fourth-order valence-electron chi connectivity index (χ4n) is 1.64. The van der Waals surface area contributed by atoms with Gasteiger partial charge in [-0.1, -0.05) is 6.07 Å². The van der Waals surface area contributed by atoms with E-state index in [1.165, 1.54) is 19.4 Å². The summed E-state index contributed by atoms with van der Waals surface area (Å²) >= 11 is 0. The van der Waals surface area contributed by atoms with E-state index in [0.29, 0.717) is 11.1 Å². The molecule has 0 amide bonds. The number of rotatable bonds is 2. The molecule has 0 unspecified atom stereocenters. The van der Waals surface area contributed by atoms with Crippen LogP contribution in [0.25, 0.3) is 10.9 Å². The zero-order chi connectivity index (χ0) is 12.6. The van der Waals surface area contributed by atoms with Crippen LogP contribution >= 0.6 is 0 Å². The minimum Gasteiger partial charge on any atom is -0.465 e. The quantitative estimate of drug-likeness (QED) is 0.755. The largest absolute Gasteiger partial charge is 0.465 e. The van der Waals surface area contributed by atoms with E-state index in [2.05, 4.69) is 4.74 Å². The molecule has 90 valence electrons. The van der Waals surface area contributed by atoms with Gasteiger partial charge in [-0.2, -0.15) is 0 Å². The fraction of sp³-hybridized carbons (Fsp3) is 0.182. The number of aromatic nitrogens is 1. The maximum atomic E-state index is 11.5. The number of nitrogens with zero attached hydrogens (tertiary/aromatic N) is 1. The van der Waals surface area contributed by atoms with E-state index in [1.54, 1.807) is 18.2 Å². The van der Waals surface area contributed by atoms with Crippen molar-refractivity contribution >= 4 is 26.9 Å². The molecule has 1 aromatic heterocycles. The van der Waals surface area contributed by atoms with Crippen LogP contribution in [0.4, 0.5) is 0 Å². The van der Waals surface area contributed by atoms with Crippen molar-refractivity contribution in [2.75, 3.05) is 13.4 Å². The molecular formula is C11H11NO4S. The van der Waals surface area contributed by atoms with Gasteiger partial charge >= 0.3 is 5.97 Å². The summed E-state index contributed by atoms with van der Waals surface area (Å²) in [4.78, 5) is 11.4. The highest BCUT2D eigenvalue weighted by Gasteiger charge is 2.12. The number of fused-ring (bicyclic) bond motifs is 1. The van der Waals surface area contributed by atoms with Gasteiger partial charge in [0.1, 0.15) is 0 Å². The van der Waals surface area contributed by atoms with Crippen molar-refractivity contribution in [2.24, 2.45) is 0 Å². The third-order valence-electron chi connectivity index (χ3n) is 2.44. The molecule has 0 saturated heterocycles. The Labute approximate surface area is 98.7 Å². The average Bonchev–Trinajstić information content (AvgIpc) is 2.70. The fourth-order valence-corrected chi connectivity index (χ4v) is 2.44. The van der Waals surface area contributed by atoms with Gasteiger partial charge in [-0.25, -0.2) is 17.2 Å². The van der Waals surface area contributed by atoms with E-state index >= 15 is 0 Å². The number of esters is 1. The summed E-state index contributed by atoms with van der Waals surface area (Å²) < 4.78 is 28.7. The molecule has 5 nitrogen and oxygen atoms in total. The molecular weight excluding hydrogens is 242 g/mol. The summed E-state index contributed by atoms with van der Waals surface area (Å²) in [7, 11) is -2.09. The highest BCUT2D eigenvalue weighted by atomic mass is 32.2. The van der Waals surface area contributed by atoms with Crippen LogP contribution in [0.3, 0.4) is 0 Å². The summed E-state index contributed by atoms with van der Waals surface area (Å²) in [5.41, 5.74) is 0.791. The summed E-state index contributed by atoms with van der Waals surface area (Å²) in [5, 5.41) is 0.753. The van der Waals surface area contributed by atoms with Gasteiger partial charge in [-0.05, 0) is 18.2 Å². The number of ether oxygens (including phenoxy) is 1. The number of benzene rings is 1. The zero-order valence-corrected chi connectivity index (χ0v) is 10.2. The van der Waals surface area contributed by atoms with Crippen LogP contribution in [-0.4, -0.2) is 31.7 Å². The molecule has 0 radical (unpaired) electrons. The van der Waals surface area contributed by atoms with Crippen LogP contribution in [0.5, 0.6) is 0 Å². The molecule has 2 aromatic rings. The topological polar surface area (TPSA) is 65.4 Å². The Bertz CT molecular complexity index is 685. The van der Waals surface area contributed by atoms with Crippen molar-refractivity contribution in [1.29, 1.82) is 0 Å². The number of methoxy groups -OCH3 is 1. The molecule has 17 heavy (non-hydrogen) atoms. The zero-order valence-electron chi connectivity index (χ0n) is 9.38. The van der Waals surface area contributed by atoms with Crippen molar-refractivity contribution in [3.05, 3.63) is 36.0 Å². The highest BCUT2D eigenvalue weighted by molar-refractivity contribution is 7.89. The van der Waals surface area contributed by atoms with Gasteiger partial charge in [0, 0.05) is 11.6 Å². The van der Waals surface area contributed by atoms with Crippen LogP contribution < -0.4 is 0 Å². The first-order valence-corrected chi connectivity index (χ1v) is 6.68. The second-order valence-electron chi connectivity index (χ2n) is 3.64. The summed E-state index contributed by atoms with van der Waals surface area (Å²) in [6, 6.07) is 6.46. The van der Waals surface area contributed by atoms with E-state index in [4.69, 9.17) is 0 Å². The van der Waals surface area contributed by atoms with Gasteiger partial charge in [0.25, 0.3) is 0 Å². The maximum absolute atomic E-state index is 11.5. The molecule has 0 aliphatic carbocycles. The van der Waals surface area contributed by atoms with E-state index in [1.807, 2.05) is 0 Å². The Morgan fingerprint density at radius 3 is 2.59 bits per heavy atom. The minimum atomic E-state index is -3.37. The van der Waals surface area contributed by atoms with Gasteiger partial charge < -0.3 is 4.74 Å². The van der Waals surface area contributed by atoms with Crippen LogP contribution in [0, 0.1) is 0 Å². The van der Waals surface area contributed by atoms with Crippen LogP contribution in [0.1, 0.15) is 10.4 Å². The Kier molecular flexibility index (Phi) is 2.66. The van der Waals surface area contributed by atoms with E-state index in [9.17, 15) is 13.2 Å². The first-order chi connectivity index (χ1) is 7.93. The number of carbonyl (C=O) groups is 1. The molecule has 0 N–H and O–H groups in total. The first kappa shape index (κ1) is 11.7. The third kappa shape index (κ3) is 2.03. The van der Waals surface area contributed by atoms with Crippen molar-refractivity contribution in [2.45, 2.75) is 0 Å². The monoisotopic (exact) mass is 253 g/mol. The normalized spacial score (nSPS) is 11.6. The van der Waals surface area contributed by atoms with Crippen molar-refractivity contribution in [1.82, 2.24) is 3.97 Å². The van der Waals surface area contributed by atoms with Crippen molar-refractivity contribution < 1.29 is 17.9 Å². The first-order valence-electron chi connectivity index (χ1n) is 4.83. The Balaban J connectivity index is 2.71. The lowest BCUT2D eigenvalue weighted by molar-refractivity contribution is 0.0601. The lowest BCUT2D eigenvalue weighted by Gasteiger charge is -2.03. The van der Waals surface area contributed by atoms with Crippen LogP contribution in [0.2, 0.25) is 0 Å². The molecule has 6 heteroatoms. The SMILES string of the molecule is COC(=O)c1ccc2ccn(S(C)(=O)=O)c2c1. The van der Waals surface area contributed by atoms with Crippen molar-refractivity contribution in [3.8, 4) is 0 Å². The molecule has 1 aromatic carbocycles. The molecule has 2 rings (SSSR count). The van der Waals surface area contributed by atoms with Gasteiger partial charge in [0.15, 0.2) is 0 Å². The summed E-state index contributed by atoms with van der Waals surface area (Å²) in [6.07, 6.45) is 2.57. The van der Waals surface area contributed by atoms with Gasteiger partial charge in [-0.3, -0.25) is 0 Å². The maximum Gasteiger partial charge on any atom is 0.337 e. The second kappa shape index (κ2) is 3.89. The number of carbonyl (C=O) groups excluding carboxylic acids is 1. The third-order valence-corrected chi connectivity index (χ3v) is 3.47. The van der Waals surface area contributed by atoms with E-state index in [0.717, 1.165) is 15.6 Å². The summed E-state index contributed by atoms with van der Waals surface area (Å²) in [6.45, 7) is 0. The predicted octanol–water partition coefficient (Wildman–Crippen LogP) is 1.24. The minimum absolute atomic E-state index is 0.323. The van der Waals surface area contributed by atoms with Gasteiger partial charge in [0.2, 0.25) is 10.0 Å². The smallest absolute Gasteiger partial charge is 0.337 e. The molecule has 0 bridgehead atoms. The second-order valence-corrected chi connectivity index (χ2v) is 5.50. The number of hydrogen-bond donors (Lipinski definition) is 0. The van der Waals surface area contributed by atoms with Crippen molar-refractivity contribution in [3.63, 3.8) is 0 Å². The molecule has 1 heterocycles. The standard InChI is InChI=1S/C11H11NO4S/c1-16-11(13)9-4-3-8-5-6-12(10(8)7-9)17(2,14)15/h3-7H,1-2H3. The van der Waals surface area contributed by atoms with Crippen LogP contribution in [-0.2, 0) is 14.8 Å². The Morgan fingerprint density at radius 1 is 1.29 bits per heavy atom. The van der Waals surface area contributed by atoms with Gasteiger partial charge in [0.05, 0.1) is 24.4 Å². The highest BCUT2D eigenvalue weighted by Crippen LogP contribution is 2.19. The van der Waals surface area contributed by atoms with Gasteiger partial charge in [-0.15, -0.1) is 0 Å². The molecule has 0 aliphatic heterocycles. The van der Waals surface area contributed by atoms with E-state index in [-0.39, 0.29) is 0 Å². The molecule has 0 fully saturated rings. The van der Waals surface area contributed by atoms with E-state index < -0.39 is 16.0 Å². The average molecular weight is 253 g/mol. The lowest BCUT2D eigenvalue weighted by Crippen LogP contribution is -2.09. The molecule has 0 spiro atoms. The number of hydrogen-bond acceptors (Lipinski definition) is 4. The lowest BCUT2D eigenvalue weighted by atomic mass is 10.2. The Morgan fingerprint density at radius 2 is 2.00 bits per heavy atom. The predicted molar refractivity (Wildman–Crippen MR) is 63.5 cm³/mol. The Hall–Kier alpha value is -1.82. The molecule has 0 atom stereocenters. The molecule has 0 saturated carbocycles. The summed E-state index contributed by atoms with van der Waals surface area (Å²) in [5.74, 6) is -0.492. The molecule has 0 aliphatic rings.